The Kier molecular flexibility index (Phi) is 7.85. The Hall–Kier alpha value is -2.10. The predicted molar refractivity (Wildman–Crippen MR) is 108 cm³/mol. The maximum absolute atomic E-state index is 13.3. The van der Waals surface area contributed by atoms with Gasteiger partial charge >= 0.3 is 5.97 Å². The van der Waals surface area contributed by atoms with Crippen LogP contribution in [0.2, 0.25) is 0 Å². The number of sulfonamides is 1. The molecule has 152 valence electrons. The first-order valence-corrected chi connectivity index (χ1v) is 10.6. The maximum atomic E-state index is 13.3. The standard InChI is InChI=1S/C19H22BrNO6S/c1-25-15-9-8-14(17(12-15)26-2)13-21(11-10-19(22)27-3)28(23,24)18-7-5-4-6-16(18)20/h4-9,12H,10-11,13H2,1-3H3. The number of ether oxygens (including phenoxy) is 3. The number of nitrogens with zero attached hydrogens (tertiary/aromatic N) is 1. The molecule has 0 radical (unpaired) electrons. The highest BCUT2D eigenvalue weighted by molar-refractivity contribution is 9.10. The van der Waals surface area contributed by atoms with E-state index in [-0.39, 0.29) is 24.4 Å². The van der Waals surface area contributed by atoms with Crippen molar-refractivity contribution in [2.45, 2.75) is 17.9 Å². The van der Waals surface area contributed by atoms with Crippen LogP contribution in [0, 0.1) is 0 Å². The number of carbonyl (C=O) groups excluding carboxylic acids is 1. The quantitative estimate of drug-likeness (QED) is 0.522. The second kappa shape index (κ2) is 9.90. The molecule has 2 aromatic rings. The zero-order chi connectivity index (χ0) is 20.7. The van der Waals surface area contributed by atoms with Crippen LogP contribution >= 0.6 is 15.9 Å². The Morgan fingerprint density at radius 2 is 1.79 bits per heavy atom. The van der Waals surface area contributed by atoms with E-state index in [1.807, 2.05) is 0 Å². The average Bonchev–Trinajstić information content (AvgIpc) is 2.70. The molecule has 0 saturated heterocycles. The van der Waals surface area contributed by atoms with E-state index >= 15 is 0 Å². The fourth-order valence-corrected chi connectivity index (χ4v) is 4.95. The fourth-order valence-electron chi connectivity index (χ4n) is 2.57. The van der Waals surface area contributed by atoms with Crippen molar-refractivity contribution < 1.29 is 27.4 Å². The summed E-state index contributed by atoms with van der Waals surface area (Å²) in [6.07, 6.45) is -0.0708. The zero-order valence-corrected chi connectivity index (χ0v) is 18.2. The van der Waals surface area contributed by atoms with Crippen LogP contribution in [0.1, 0.15) is 12.0 Å². The lowest BCUT2D eigenvalue weighted by Crippen LogP contribution is -2.33. The smallest absolute Gasteiger partial charge is 0.306 e. The van der Waals surface area contributed by atoms with Crippen molar-refractivity contribution >= 4 is 31.9 Å². The Morgan fingerprint density at radius 1 is 1.07 bits per heavy atom. The normalized spacial score (nSPS) is 11.3. The molecule has 0 aliphatic heterocycles. The van der Waals surface area contributed by atoms with Crippen LogP contribution in [-0.2, 0) is 26.1 Å². The SMILES string of the molecule is COC(=O)CCN(Cc1ccc(OC)cc1OC)S(=O)(=O)c1ccccc1Br. The third-order valence-electron chi connectivity index (χ3n) is 4.09. The first-order valence-electron chi connectivity index (χ1n) is 8.36. The lowest BCUT2D eigenvalue weighted by molar-refractivity contribution is -0.140. The lowest BCUT2D eigenvalue weighted by atomic mass is 10.2. The number of hydrogen-bond donors (Lipinski definition) is 0. The molecule has 9 heteroatoms. The molecule has 0 bridgehead atoms. The summed E-state index contributed by atoms with van der Waals surface area (Å²) in [7, 11) is 0.418. The van der Waals surface area contributed by atoms with Crippen LogP contribution in [0.15, 0.2) is 51.8 Å². The van der Waals surface area contributed by atoms with Crippen LogP contribution < -0.4 is 9.47 Å². The zero-order valence-electron chi connectivity index (χ0n) is 15.8. The molecule has 0 N–H and O–H groups in total. The highest BCUT2D eigenvalue weighted by Gasteiger charge is 2.28. The summed E-state index contributed by atoms with van der Waals surface area (Å²) in [6, 6.07) is 11.7. The van der Waals surface area contributed by atoms with Gasteiger partial charge in [0.2, 0.25) is 10.0 Å². The van der Waals surface area contributed by atoms with Crippen LogP contribution in [0.5, 0.6) is 11.5 Å². The summed E-state index contributed by atoms with van der Waals surface area (Å²) in [6.45, 7) is -0.0145. The van der Waals surface area contributed by atoms with Crippen molar-refractivity contribution in [1.29, 1.82) is 0 Å². The number of rotatable bonds is 9. The molecule has 0 unspecified atom stereocenters. The summed E-state index contributed by atoms with van der Waals surface area (Å²) in [5.41, 5.74) is 0.642. The molecule has 28 heavy (non-hydrogen) atoms. The molecular formula is C19H22BrNO6S. The summed E-state index contributed by atoms with van der Waals surface area (Å²) < 4.78 is 43.4. The van der Waals surface area contributed by atoms with Crippen molar-refractivity contribution in [2.24, 2.45) is 0 Å². The van der Waals surface area contributed by atoms with Gasteiger partial charge in [0.05, 0.1) is 32.6 Å². The monoisotopic (exact) mass is 471 g/mol. The van der Waals surface area contributed by atoms with Crippen molar-refractivity contribution in [3.63, 3.8) is 0 Å². The topological polar surface area (TPSA) is 82.1 Å². The van der Waals surface area contributed by atoms with E-state index in [1.165, 1.54) is 31.7 Å². The van der Waals surface area contributed by atoms with Crippen LogP contribution in [0.3, 0.4) is 0 Å². The van der Waals surface area contributed by atoms with Gasteiger partial charge in [-0.25, -0.2) is 8.42 Å². The van der Waals surface area contributed by atoms with E-state index < -0.39 is 16.0 Å². The molecule has 0 saturated carbocycles. The highest BCUT2D eigenvalue weighted by Crippen LogP contribution is 2.30. The Bertz CT molecular complexity index is 932. The van der Waals surface area contributed by atoms with Gasteiger partial charge in [0.15, 0.2) is 0 Å². The predicted octanol–water partition coefficient (Wildman–Crippen LogP) is 3.22. The third-order valence-corrected chi connectivity index (χ3v) is 6.95. The van der Waals surface area contributed by atoms with Gasteiger partial charge in [-0.05, 0) is 34.1 Å². The first kappa shape index (κ1) is 22.2. The summed E-state index contributed by atoms with van der Waals surface area (Å²) in [5, 5.41) is 0. The van der Waals surface area contributed by atoms with Gasteiger partial charge in [0.1, 0.15) is 11.5 Å². The van der Waals surface area contributed by atoms with Gasteiger partial charge in [-0.3, -0.25) is 4.79 Å². The van der Waals surface area contributed by atoms with Gasteiger partial charge in [0, 0.05) is 29.2 Å². The maximum Gasteiger partial charge on any atom is 0.306 e. The van der Waals surface area contributed by atoms with E-state index in [0.717, 1.165) is 0 Å². The molecule has 2 aromatic carbocycles. The molecule has 0 heterocycles. The largest absolute Gasteiger partial charge is 0.497 e. The second-order valence-corrected chi connectivity index (χ2v) is 8.53. The summed E-state index contributed by atoms with van der Waals surface area (Å²) in [4.78, 5) is 11.7. The fraction of sp³-hybridized carbons (Fsp3) is 0.316. The van der Waals surface area contributed by atoms with Gasteiger partial charge in [-0.15, -0.1) is 0 Å². The van der Waals surface area contributed by atoms with Gasteiger partial charge in [-0.1, -0.05) is 18.2 Å². The van der Waals surface area contributed by atoms with E-state index in [0.29, 0.717) is 21.5 Å². The molecule has 0 atom stereocenters. The highest BCUT2D eigenvalue weighted by atomic mass is 79.9. The molecule has 0 aliphatic rings. The van der Waals surface area contributed by atoms with Gasteiger partial charge in [0.25, 0.3) is 0 Å². The van der Waals surface area contributed by atoms with Crippen molar-refractivity contribution in [1.82, 2.24) is 4.31 Å². The number of esters is 1. The van der Waals surface area contributed by atoms with Gasteiger partial charge in [-0.2, -0.15) is 4.31 Å². The third kappa shape index (κ3) is 5.24. The number of methoxy groups -OCH3 is 3. The van der Waals surface area contributed by atoms with E-state index in [9.17, 15) is 13.2 Å². The van der Waals surface area contributed by atoms with Crippen molar-refractivity contribution in [3.8, 4) is 11.5 Å². The molecule has 0 amide bonds. The number of halogens is 1. The van der Waals surface area contributed by atoms with Crippen molar-refractivity contribution in [2.75, 3.05) is 27.9 Å². The minimum atomic E-state index is -3.88. The summed E-state index contributed by atoms with van der Waals surface area (Å²) in [5.74, 6) is 0.592. The van der Waals surface area contributed by atoms with E-state index in [2.05, 4.69) is 20.7 Å². The van der Waals surface area contributed by atoms with E-state index in [4.69, 9.17) is 9.47 Å². The Morgan fingerprint density at radius 3 is 2.39 bits per heavy atom. The van der Waals surface area contributed by atoms with Gasteiger partial charge < -0.3 is 14.2 Å². The minimum absolute atomic E-state index is 0.0217. The number of hydrogen-bond acceptors (Lipinski definition) is 6. The number of carbonyl (C=O) groups is 1. The first-order chi connectivity index (χ1) is 13.3. The molecule has 2 rings (SSSR count). The molecule has 0 spiro atoms. The number of benzene rings is 2. The lowest BCUT2D eigenvalue weighted by Gasteiger charge is -2.23. The molecule has 0 aromatic heterocycles. The van der Waals surface area contributed by atoms with E-state index in [1.54, 1.807) is 36.4 Å². The molecule has 7 nitrogen and oxygen atoms in total. The average molecular weight is 472 g/mol. The molecule has 0 fully saturated rings. The molecular weight excluding hydrogens is 450 g/mol. The van der Waals surface area contributed by atoms with Crippen molar-refractivity contribution in [3.05, 3.63) is 52.5 Å². The Balaban J connectivity index is 2.43. The summed E-state index contributed by atoms with van der Waals surface area (Å²) >= 11 is 3.29. The minimum Gasteiger partial charge on any atom is -0.497 e. The second-order valence-electron chi connectivity index (χ2n) is 5.77. The Labute approximate surface area is 173 Å². The van der Waals surface area contributed by atoms with Crippen LogP contribution in [0.4, 0.5) is 0 Å². The van der Waals surface area contributed by atoms with Crippen LogP contribution in [-0.4, -0.2) is 46.6 Å². The molecule has 0 aliphatic carbocycles. The van der Waals surface area contributed by atoms with Crippen LogP contribution in [0.25, 0.3) is 0 Å².